The molecule has 1 saturated heterocycles. The summed E-state index contributed by atoms with van der Waals surface area (Å²) in [5.41, 5.74) is 5.79. The quantitative estimate of drug-likeness (QED) is 0.281. The number of nitrogens with zero attached hydrogens (tertiary/aromatic N) is 1. The van der Waals surface area contributed by atoms with Crippen LogP contribution < -0.4 is 15.8 Å². The molecule has 1 fully saturated rings. The lowest BCUT2D eigenvalue weighted by molar-refractivity contribution is -0.160. The maximum absolute atomic E-state index is 12.5. The summed E-state index contributed by atoms with van der Waals surface area (Å²) in [7, 11) is 0. The Kier molecular flexibility index (Phi) is 6.15. The van der Waals surface area contributed by atoms with Crippen LogP contribution in [-0.2, 0) is 14.4 Å². The Morgan fingerprint density at radius 3 is 2.71 bits per heavy atom. The zero-order valence-corrected chi connectivity index (χ0v) is 16.2. The largest absolute Gasteiger partial charge is 0.484 e. The van der Waals surface area contributed by atoms with Gasteiger partial charge in [-0.15, -0.1) is 11.8 Å². The fourth-order valence-electron chi connectivity index (χ4n) is 2.87. The number of hydrogen-bond donors (Lipinski definition) is 4. The highest BCUT2D eigenvalue weighted by molar-refractivity contribution is 8.13. The molecule has 148 valence electrons. The third-order valence-corrected chi connectivity index (χ3v) is 6.13. The molecular weight excluding hydrogens is 404 g/mol. The number of nitrogens with one attached hydrogen (secondary N) is 2. The molecule has 0 aliphatic carbocycles. The Morgan fingerprint density at radius 2 is 2.07 bits per heavy atom. The molecule has 9 nitrogen and oxygen atoms in total. The van der Waals surface area contributed by atoms with Crippen molar-refractivity contribution >= 4 is 46.5 Å². The molecule has 1 aromatic rings. The maximum atomic E-state index is 12.5. The molecule has 1 aromatic carbocycles. The molecular formula is C17H18N4O5S2. The number of fused-ring (bicyclic) bond motifs is 1. The highest BCUT2D eigenvalue weighted by Crippen LogP contribution is 2.40. The number of rotatable bonds is 7. The second-order valence-electron chi connectivity index (χ2n) is 6.01. The zero-order valence-electron chi connectivity index (χ0n) is 14.5. The van der Waals surface area contributed by atoms with E-state index in [4.69, 9.17) is 15.9 Å². The molecule has 5 N–H and O–H groups in total. The van der Waals surface area contributed by atoms with E-state index in [-0.39, 0.29) is 17.5 Å². The van der Waals surface area contributed by atoms with Gasteiger partial charge in [-0.1, -0.05) is 30.0 Å². The molecule has 2 amide bonds. The van der Waals surface area contributed by atoms with Crippen molar-refractivity contribution in [1.82, 2.24) is 10.2 Å². The number of carboxylic acid groups (broad SMARTS) is 1. The van der Waals surface area contributed by atoms with Crippen LogP contribution in [0.2, 0.25) is 0 Å². The number of benzene rings is 1. The first-order chi connectivity index (χ1) is 13.4. The second kappa shape index (κ2) is 8.57. The molecule has 2 heterocycles. The number of nitrogens with two attached hydrogens (primary N) is 1. The number of β-lactam (4-membered cyclic amide) rings is 1. The van der Waals surface area contributed by atoms with Gasteiger partial charge in [0.1, 0.15) is 17.2 Å². The van der Waals surface area contributed by atoms with Crippen LogP contribution in [0, 0.1) is 5.41 Å². The van der Waals surface area contributed by atoms with Crippen molar-refractivity contribution < 1.29 is 24.2 Å². The van der Waals surface area contributed by atoms with E-state index < -0.39 is 35.2 Å². The summed E-state index contributed by atoms with van der Waals surface area (Å²) in [5.74, 6) is -1.34. The third-order valence-electron chi connectivity index (χ3n) is 4.13. The van der Waals surface area contributed by atoms with Gasteiger partial charge in [0.2, 0.25) is 5.91 Å². The number of aliphatic carboxylic acids is 1. The van der Waals surface area contributed by atoms with Gasteiger partial charge in [-0.2, -0.15) is 0 Å². The van der Waals surface area contributed by atoms with Gasteiger partial charge in [0.25, 0.3) is 5.91 Å². The number of hydrogen-bond acceptors (Lipinski definition) is 7. The number of carbonyl (C=O) groups is 3. The molecule has 0 aromatic heterocycles. The lowest BCUT2D eigenvalue weighted by Gasteiger charge is -2.51. The Morgan fingerprint density at radius 1 is 1.36 bits per heavy atom. The lowest BCUT2D eigenvalue weighted by Crippen LogP contribution is -2.74. The number of amides is 2. The first kappa shape index (κ1) is 20.1. The Bertz CT molecular complexity index is 832. The Hall–Kier alpha value is -2.66. The first-order valence-electron chi connectivity index (χ1n) is 8.22. The van der Waals surface area contributed by atoms with Gasteiger partial charge >= 0.3 is 5.97 Å². The fraction of sp³-hybridized carbons (Fsp3) is 0.294. The van der Waals surface area contributed by atoms with Gasteiger partial charge in [0, 0.05) is 5.75 Å². The molecule has 28 heavy (non-hydrogen) atoms. The molecule has 3 rings (SSSR count). The first-order valence-corrected chi connectivity index (χ1v) is 10.1. The van der Waals surface area contributed by atoms with Crippen LogP contribution >= 0.6 is 23.5 Å². The van der Waals surface area contributed by atoms with Crippen molar-refractivity contribution in [1.29, 1.82) is 5.41 Å². The summed E-state index contributed by atoms with van der Waals surface area (Å²) in [6.45, 7) is -0.246. The molecule has 2 unspecified atom stereocenters. The van der Waals surface area contributed by atoms with E-state index in [9.17, 15) is 19.5 Å². The van der Waals surface area contributed by atoms with Gasteiger partial charge in [-0.25, -0.2) is 4.79 Å². The van der Waals surface area contributed by atoms with Crippen LogP contribution in [0.3, 0.4) is 0 Å². The SMILES string of the molecule is N=C(N)SCC1=CS[C@@H]2C(NC(=O)COc3ccccc3)C(=O)N2C1C(=O)O. The van der Waals surface area contributed by atoms with E-state index in [1.54, 1.807) is 29.7 Å². The maximum Gasteiger partial charge on any atom is 0.330 e. The topological polar surface area (TPSA) is 146 Å². The van der Waals surface area contributed by atoms with Crippen molar-refractivity contribution in [3.8, 4) is 5.75 Å². The number of para-hydroxylation sites is 1. The molecule has 3 atom stereocenters. The van der Waals surface area contributed by atoms with Crippen molar-refractivity contribution in [2.45, 2.75) is 17.5 Å². The smallest absolute Gasteiger partial charge is 0.330 e. The fourth-order valence-corrected chi connectivity index (χ4v) is 4.76. The standard InChI is InChI=1S/C17H18N4O5S2/c18-17(19)28-8-9-7-27-15-12(14(23)21(15)13(9)16(24)25)20-11(22)6-26-10-4-2-1-3-5-10/h1-5,7,12-13,15H,6,8H2,(H3,18,19)(H,20,22)(H,24,25)/t12?,13?,15-/m1/s1. The number of carboxylic acids is 1. The zero-order chi connectivity index (χ0) is 20.3. The van der Waals surface area contributed by atoms with Crippen LogP contribution in [0.15, 0.2) is 41.3 Å². The monoisotopic (exact) mass is 422 g/mol. The predicted octanol–water partition coefficient (Wildman–Crippen LogP) is 0.429. The Balaban J connectivity index is 1.61. The minimum atomic E-state index is -1.16. The van der Waals surface area contributed by atoms with Crippen molar-refractivity contribution in [2.75, 3.05) is 12.4 Å². The van der Waals surface area contributed by atoms with E-state index in [1.165, 1.54) is 16.7 Å². The number of carbonyl (C=O) groups excluding carboxylic acids is 2. The average molecular weight is 422 g/mol. The van der Waals surface area contributed by atoms with Gasteiger partial charge < -0.3 is 25.8 Å². The van der Waals surface area contributed by atoms with E-state index in [1.807, 2.05) is 6.07 Å². The Labute approximate surface area is 169 Å². The van der Waals surface area contributed by atoms with Crippen molar-refractivity contribution in [3.05, 3.63) is 41.3 Å². The summed E-state index contributed by atoms with van der Waals surface area (Å²) in [6.07, 6.45) is 0. The highest BCUT2D eigenvalue weighted by atomic mass is 32.2. The van der Waals surface area contributed by atoms with Crippen LogP contribution in [0.1, 0.15) is 0 Å². The lowest BCUT2D eigenvalue weighted by atomic mass is 9.99. The summed E-state index contributed by atoms with van der Waals surface area (Å²) in [5, 5.41) is 20.4. The molecule has 11 heteroatoms. The van der Waals surface area contributed by atoms with Gasteiger partial charge in [-0.3, -0.25) is 15.0 Å². The molecule has 0 bridgehead atoms. The number of ether oxygens (including phenoxy) is 1. The molecule has 0 spiro atoms. The third kappa shape index (κ3) is 4.25. The molecule has 2 aliphatic heterocycles. The van der Waals surface area contributed by atoms with E-state index in [2.05, 4.69) is 5.32 Å². The van der Waals surface area contributed by atoms with Gasteiger partial charge in [0.05, 0.1) is 0 Å². The summed E-state index contributed by atoms with van der Waals surface area (Å²) < 4.78 is 5.35. The van der Waals surface area contributed by atoms with Gasteiger partial charge in [0.15, 0.2) is 17.8 Å². The summed E-state index contributed by atoms with van der Waals surface area (Å²) >= 11 is 2.26. The second-order valence-corrected chi connectivity index (χ2v) is 8.01. The van der Waals surface area contributed by atoms with E-state index >= 15 is 0 Å². The van der Waals surface area contributed by atoms with Crippen LogP contribution in [0.4, 0.5) is 0 Å². The van der Waals surface area contributed by atoms with Gasteiger partial charge in [-0.05, 0) is 23.1 Å². The van der Waals surface area contributed by atoms with Crippen LogP contribution in [0.5, 0.6) is 5.75 Å². The van der Waals surface area contributed by atoms with Crippen molar-refractivity contribution in [3.63, 3.8) is 0 Å². The average Bonchev–Trinajstić information content (AvgIpc) is 2.68. The minimum absolute atomic E-state index is 0.129. The van der Waals surface area contributed by atoms with E-state index in [0.717, 1.165) is 11.8 Å². The van der Waals surface area contributed by atoms with Crippen LogP contribution in [-0.4, -0.2) is 62.8 Å². The minimum Gasteiger partial charge on any atom is -0.484 e. The highest BCUT2D eigenvalue weighted by Gasteiger charge is 2.55. The van der Waals surface area contributed by atoms with E-state index in [0.29, 0.717) is 11.3 Å². The normalized spacial score (nSPS) is 23.1. The molecule has 0 saturated carbocycles. The van der Waals surface area contributed by atoms with Crippen molar-refractivity contribution in [2.24, 2.45) is 5.73 Å². The summed E-state index contributed by atoms with van der Waals surface area (Å²) in [6, 6.07) is 6.87. The predicted molar refractivity (Wildman–Crippen MR) is 106 cm³/mol. The van der Waals surface area contributed by atoms with Crippen LogP contribution in [0.25, 0.3) is 0 Å². The number of amidine groups is 1. The molecule has 2 aliphatic rings. The number of thioether (sulfide) groups is 2. The summed E-state index contributed by atoms with van der Waals surface area (Å²) in [4.78, 5) is 37.5. The molecule has 0 radical (unpaired) electrons.